The van der Waals surface area contributed by atoms with E-state index in [0.29, 0.717) is 5.69 Å². The van der Waals surface area contributed by atoms with Gasteiger partial charge in [-0.1, -0.05) is 11.6 Å². The largest absolute Gasteiger partial charge is 0.511 e. The molecule has 0 amide bonds. The summed E-state index contributed by atoms with van der Waals surface area (Å²) < 4.78 is 32.7. The van der Waals surface area contributed by atoms with E-state index in [-0.39, 0.29) is 15.9 Å². The van der Waals surface area contributed by atoms with Gasteiger partial charge in [-0.25, -0.2) is 13.6 Å². The van der Waals surface area contributed by atoms with Gasteiger partial charge >= 0.3 is 6.16 Å². The number of aromatic nitrogens is 1. The topological polar surface area (TPSA) is 68.5 Å². The van der Waals surface area contributed by atoms with E-state index in [9.17, 15) is 18.4 Å². The minimum Gasteiger partial charge on any atom is -0.449 e. The average Bonchev–Trinajstić information content (AvgIpc) is 2.53. The molecule has 1 aromatic heterocycles. The number of hydrogen-bond acceptors (Lipinski definition) is 3. The first kappa shape index (κ1) is 15.9. The third kappa shape index (κ3) is 2.81. The Morgan fingerprint density at radius 1 is 1.17 bits per heavy atom. The minimum absolute atomic E-state index is 0.0375. The highest BCUT2D eigenvalue weighted by Crippen LogP contribution is 2.25. The molecule has 0 bridgehead atoms. The number of ether oxygens (including phenoxy) is 1. The van der Waals surface area contributed by atoms with Crippen LogP contribution in [0.2, 0.25) is 5.02 Å². The molecule has 0 aliphatic heterocycles. The van der Waals surface area contributed by atoms with Crippen molar-refractivity contribution in [2.24, 2.45) is 0 Å². The highest BCUT2D eigenvalue weighted by atomic mass is 35.5. The second kappa shape index (κ2) is 5.93. The quantitative estimate of drug-likeness (QED) is 0.709. The molecule has 0 atom stereocenters. The van der Waals surface area contributed by atoms with Crippen molar-refractivity contribution < 1.29 is 23.4 Å². The molecule has 24 heavy (non-hydrogen) atoms. The van der Waals surface area contributed by atoms with Gasteiger partial charge in [0.15, 0.2) is 5.75 Å². The van der Waals surface area contributed by atoms with Gasteiger partial charge in [-0.3, -0.25) is 4.79 Å². The molecule has 8 heteroatoms. The van der Waals surface area contributed by atoms with Crippen molar-refractivity contribution in [3.63, 3.8) is 0 Å². The van der Waals surface area contributed by atoms with Crippen LogP contribution in [0.1, 0.15) is 0 Å². The third-order valence-electron chi connectivity index (χ3n) is 3.31. The Hall–Kier alpha value is -2.93. The zero-order chi connectivity index (χ0) is 17.4. The average molecular weight is 352 g/mol. The van der Waals surface area contributed by atoms with E-state index in [1.165, 1.54) is 28.8 Å². The summed E-state index contributed by atoms with van der Waals surface area (Å²) in [5, 5.41) is 8.42. The molecular formula is C16H8ClF2NO4. The van der Waals surface area contributed by atoms with Crippen LogP contribution in [0.15, 0.2) is 47.4 Å². The summed E-state index contributed by atoms with van der Waals surface area (Å²) in [6.45, 7) is 0. The fraction of sp³-hybridized carbons (Fsp3) is 0. The van der Waals surface area contributed by atoms with E-state index in [4.69, 9.17) is 16.7 Å². The molecule has 0 saturated heterocycles. The van der Waals surface area contributed by atoms with Crippen LogP contribution < -0.4 is 10.2 Å². The van der Waals surface area contributed by atoms with Gasteiger partial charge in [-0.2, -0.15) is 0 Å². The fourth-order valence-corrected chi connectivity index (χ4v) is 2.44. The van der Waals surface area contributed by atoms with E-state index in [0.717, 1.165) is 18.3 Å². The molecule has 0 aliphatic rings. The fourth-order valence-electron chi connectivity index (χ4n) is 2.28. The Morgan fingerprint density at radius 2 is 1.83 bits per heavy atom. The second-order valence-corrected chi connectivity index (χ2v) is 5.23. The zero-order valence-corrected chi connectivity index (χ0v) is 12.6. The maximum atomic E-state index is 13.8. The van der Waals surface area contributed by atoms with Crippen molar-refractivity contribution in [2.75, 3.05) is 0 Å². The Bertz CT molecular complexity index is 1020. The van der Waals surface area contributed by atoms with Gasteiger partial charge in [0.25, 0.3) is 0 Å². The molecule has 1 heterocycles. The van der Waals surface area contributed by atoms with Crippen molar-refractivity contribution in [1.29, 1.82) is 0 Å². The van der Waals surface area contributed by atoms with E-state index in [1.54, 1.807) is 0 Å². The van der Waals surface area contributed by atoms with Gasteiger partial charge in [-0.15, -0.1) is 0 Å². The number of hydrogen-bond donors (Lipinski definition) is 1. The van der Waals surface area contributed by atoms with Crippen molar-refractivity contribution >= 4 is 28.7 Å². The predicted molar refractivity (Wildman–Crippen MR) is 83.1 cm³/mol. The summed E-state index contributed by atoms with van der Waals surface area (Å²) in [7, 11) is 0. The lowest BCUT2D eigenvalue weighted by Gasteiger charge is -2.13. The first-order valence-corrected chi connectivity index (χ1v) is 6.96. The summed E-state index contributed by atoms with van der Waals surface area (Å²) >= 11 is 5.71. The molecule has 122 valence electrons. The van der Waals surface area contributed by atoms with Gasteiger partial charge in [0, 0.05) is 11.8 Å². The van der Waals surface area contributed by atoms with Crippen molar-refractivity contribution in [2.45, 2.75) is 0 Å². The van der Waals surface area contributed by atoms with Crippen molar-refractivity contribution in [3.05, 3.63) is 69.5 Å². The summed E-state index contributed by atoms with van der Waals surface area (Å²) in [6, 6.07) is 7.23. The molecule has 2 aromatic carbocycles. The van der Waals surface area contributed by atoms with E-state index in [2.05, 4.69) is 4.74 Å². The van der Waals surface area contributed by atoms with Crippen LogP contribution >= 0.6 is 11.6 Å². The van der Waals surface area contributed by atoms with Crippen LogP contribution in [0.25, 0.3) is 16.6 Å². The summed E-state index contributed by atoms with van der Waals surface area (Å²) in [4.78, 5) is 23.1. The number of fused-ring (bicyclic) bond motifs is 1. The summed E-state index contributed by atoms with van der Waals surface area (Å²) in [5.74, 6) is -1.73. The monoisotopic (exact) mass is 351 g/mol. The lowest BCUT2D eigenvalue weighted by molar-refractivity contribution is 0.144. The smallest absolute Gasteiger partial charge is 0.449 e. The first-order valence-electron chi connectivity index (χ1n) is 6.58. The number of pyridine rings is 1. The lowest BCUT2D eigenvalue weighted by atomic mass is 10.1. The molecule has 5 nitrogen and oxygen atoms in total. The molecule has 0 saturated carbocycles. The van der Waals surface area contributed by atoms with Crippen LogP contribution in [0.5, 0.6) is 5.75 Å². The maximum absolute atomic E-state index is 13.8. The molecule has 0 aliphatic carbocycles. The van der Waals surface area contributed by atoms with E-state index in [1.807, 2.05) is 0 Å². The molecule has 0 fully saturated rings. The van der Waals surface area contributed by atoms with Gasteiger partial charge < -0.3 is 14.4 Å². The number of carbonyl (C=O) groups is 1. The lowest BCUT2D eigenvalue weighted by Crippen LogP contribution is -2.16. The Morgan fingerprint density at radius 3 is 2.46 bits per heavy atom. The summed E-state index contributed by atoms with van der Waals surface area (Å²) in [5.41, 5.74) is -0.253. The first-order chi connectivity index (χ1) is 11.4. The zero-order valence-electron chi connectivity index (χ0n) is 11.8. The Balaban J connectivity index is 2.39. The van der Waals surface area contributed by atoms with Gasteiger partial charge in [0.2, 0.25) is 5.43 Å². The molecular weight excluding hydrogens is 344 g/mol. The number of nitrogens with zero attached hydrogens (tertiary/aromatic N) is 1. The van der Waals surface area contributed by atoms with E-state index >= 15 is 0 Å². The third-order valence-corrected chi connectivity index (χ3v) is 3.60. The Labute approximate surface area is 138 Å². The number of carboxylic acid groups (broad SMARTS) is 1. The van der Waals surface area contributed by atoms with Gasteiger partial charge in [0.05, 0.1) is 22.1 Å². The SMILES string of the molecule is O=C(O)Oc1cn(-c2ccc(F)cc2)c2cc(F)c(Cl)cc2c1=O. The number of benzene rings is 2. The van der Waals surface area contributed by atoms with Crippen molar-refractivity contribution in [3.8, 4) is 11.4 Å². The molecule has 1 N–H and O–H groups in total. The minimum atomic E-state index is -1.68. The molecule has 0 radical (unpaired) electrons. The number of halogens is 3. The maximum Gasteiger partial charge on any atom is 0.511 e. The molecule has 3 aromatic rings. The Kier molecular flexibility index (Phi) is 3.94. The normalized spacial score (nSPS) is 10.8. The highest BCUT2D eigenvalue weighted by molar-refractivity contribution is 6.31. The molecule has 3 rings (SSSR count). The highest BCUT2D eigenvalue weighted by Gasteiger charge is 2.16. The van der Waals surface area contributed by atoms with Crippen LogP contribution in [-0.4, -0.2) is 15.8 Å². The van der Waals surface area contributed by atoms with Crippen molar-refractivity contribution in [1.82, 2.24) is 4.57 Å². The second-order valence-electron chi connectivity index (χ2n) is 4.82. The van der Waals surface area contributed by atoms with Crippen LogP contribution in [0, 0.1) is 11.6 Å². The predicted octanol–water partition coefficient (Wildman–Crippen LogP) is 3.98. The number of rotatable bonds is 2. The van der Waals surface area contributed by atoms with Gasteiger partial charge in [0.1, 0.15) is 11.6 Å². The molecule has 0 unspecified atom stereocenters. The van der Waals surface area contributed by atoms with Crippen LogP contribution in [0.3, 0.4) is 0 Å². The molecule has 0 spiro atoms. The van der Waals surface area contributed by atoms with Crippen LogP contribution in [0.4, 0.5) is 13.6 Å². The van der Waals surface area contributed by atoms with E-state index < -0.39 is 29.0 Å². The standard InChI is InChI=1S/C16H8ClF2NO4/c17-11-5-10-13(6-12(11)19)20(9-3-1-8(18)2-4-9)7-14(15(10)21)24-16(22)23/h1-7H,(H,22,23). The summed E-state index contributed by atoms with van der Waals surface area (Å²) in [6.07, 6.45) is -0.579. The van der Waals surface area contributed by atoms with Gasteiger partial charge in [-0.05, 0) is 30.3 Å². The van der Waals surface area contributed by atoms with Crippen LogP contribution in [-0.2, 0) is 0 Å².